The number of carboxylic acids is 1. The number of piperidine rings is 1. The maximum absolute atomic E-state index is 13.7. The van der Waals surface area contributed by atoms with Crippen LogP contribution < -0.4 is 5.32 Å². The maximum atomic E-state index is 13.7. The molecule has 8 heteroatoms. The highest BCUT2D eigenvalue weighted by molar-refractivity contribution is 6.30. The summed E-state index contributed by atoms with van der Waals surface area (Å²) in [6.07, 6.45) is 0.723. The van der Waals surface area contributed by atoms with Crippen molar-refractivity contribution in [1.82, 2.24) is 10.2 Å². The zero-order valence-electron chi connectivity index (χ0n) is 18.6. The Hall–Kier alpha value is -2.57. The standard InChI is InChI=1S/C25H28Cl2N2O4/c1-3-21(14-28-15(2)30)29-24(16-7-9-19(26)10-8-16)22(17-5-4-6-20(27)11-17)12-18(25(29)33)13-23(31)32/h4-11,18,21-22,24H,3,12-14H2,1-2H3,(H,28,30)(H,31,32). The molecule has 1 heterocycles. The van der Waals surface area contributed by atoms with Gasteiger partial charge in [0.25, 0.3) is 0 Å². The van der Waals surface area contributed by atoms with Gasteiger partial charge < -0.3 is 15.3 Å². The van der Waals surface area contributed by atoms with E-state index < -0.39 is 11.9 Å². The van der Waals surface area contributed by atoms with Crippen LogP contribution in [0.3, 0.4) is 0 Å². The Labute approximate surface area is 203 Å². The molecule has 3 rings (SSSR count). The van der Waals surface area contributed by atoms with Gasteiger partial charge in [0.05, 0.1) is 12.5 Å². The smallest absolute Gasteiger partial charge is 0.304 e. The number of carbonyl (C=O) groups excluding carboxylic acids is 2. The van der Waals surface area contributed by atoms with Crippen LogP contribution in [0, 0.1) is 5.92 Å². The van der Waals surface area contributed by atoms with Gasteiger partial charge in [-0.2, -0.15) is 0 Å². The molecule has 0 radical (unpaired) electrons. The quantitative estimate of drug-likeness (QED) is 0.541. The van der Waals surface area contributed by atoms with Crippen LogP contribution in [0.5, 0.6) is 0 Å². The van der Waals surface area contributed by atoms with Crippen molar-refractivity contribution in [1.29, 1.82) is 0 Å². The number of nitrogens with zero attached hydrogens (tertiary/aromatic N) is 1. The summed E-state index contributed by atoms with van der Waals surface area (Å²) in [5.41, 5.74) is 1.83. The predicted octanol–water partition coefficient (Wildman–Crippen LogP) is 5.06. The number of amides is 2. The molecule has 1 fully saturated rings. The largest absolute Gasteiger partial charge is 0.481 e. The third-order valence-corrected chi connectivity index (χ3v) is 6.67. The number of benzene rings is 2. The number of hydrogen-bond acceptors (Lipinski definition) is 3. The summed E-state index contributed by atoms with van der Waals surface area (Å²) >= 11 is 12.4. The van der Waals surface area contributed by atoms with Gasteiger partial charge in [0.1, 0.15) is 0 Å². The van der Waals surface area contributed by atoms with E-state index in [1.54, 1.807) is 23.1 Å². The van der Waals surface area contributed by atoms with E-state index in [1.165, 1.54) is 6.92 Å². The molecule has 1 aliphatic rings. The first-order valence-electron chi connectivity index (χ1n) is 11.0. The average Bonchev–Trinajstić information content (AvgIpc) is 2.76. The van der Waals surface area contributed by atoms with Crippen LogP contribution in [-0.2, 0) is 14.4 Å². The minimum Gasteiger partial charge on any atom is -0.481 e. The van der Waals surface area contributed by atoms with Crippen molar-refractivity contribution in [2.45, 2.75) is 51.1 Å². The van der Waals surface area contributed by atoms with E-state index in [2.05, 4.69) is 5.32 Å². The Morgan fingerprint density at radius 1 is 1.12 bits per heavy atom. The molecule has 2 amide bonds. The highest BCUT2D eigenvalue weighted by atomic mass is 35.5. The molecular formula is C25H28Cl2N2O4. The van der Waals surface area contributed by atoms with Gasteiger partial charge in [0.2, 0.25) is 11.8 Å². The van der Waals surface area contributed by atoms with E-state index in [-0.39, 0.29) is 42.8 Å². The first-order valence-corrected chi connectivity index (χ1v) is 11.8. The second kappa shape index (κ2) is 11.0. The summed E-state index contributed by atoms with van der Waals surface area (Å²) in [5, 5.41) is 13.5. The van der Waals surface area contributed by atoms with Crippen LogP contribution in [0.15, 0.2) is 48.5 Å². The fourth-order valence-corrected chi connectivity index (χ4v) is 5.00. The van der Waals surface area contributed by atoms with Crippen LogP contribution >= 0.6 is 23.2 Å². The van der Waals surface area contributed by atoms with Crippen molar-refractivity contribution in [2.24, 2.45) is 5.92 Å². The summed E-state index contributed by atoms with van der Waals surface area (Å²) in [7, 11) is 0. The SMILES string of the molecule is CCC(CNC(C)=O)N1C(=O)C(CC(=O)O)CC(c2cccc(Cl)c2)C1c1ccc(Cl)cc1. The van der Waals surface area contributed by atoms with Crippen LogP contribution in [0.2, 0.25) is 10.0 Å². The number of nitrogens with one attached hydrogen (secondary N) is 1. The molecule has 2 aromatic carbocycles. The Bertz CT molecular complexity index is 1010. The van der Waals surface area contributed by atoms with E-state index in [9.17, 15) is 19.5 Å². The molecule has 33 heavy (non-hydrogen) atoms. The summed E-state index contributed by atoms with van der Waals surface area (Å²) in [5.74, 6) is -2.28. The molecule has 6 nitrogen and oxygen atoms in total. The number of hydrogen-bond donors (Lipinski definition) is 2. The zero-order valence-corrected chi connectivity index (χ0v) is 20.1. The van der Waals surface area contributed by atoms with Crippen molar-refractivity contribution in [3.8, 4) is 0 Å². The van der Waals surface area contributed by atoms with Crippen molar-refractivity contribution < 1.29 is 19.5 Å². The average molecular weight is 491 g/mol. The highest BCUT2D eigenvalue weighted by Crippen LogP contribution is 2.47. The zero-order chi connectivity index (χ0) is 24.1. The molecule has 4 unspecified atom stereocenters. The molecule has 4 atom stereocenters. The third kappa shape index (κ3) is 6.06. The minimum atomic E-state index is -1.02. The number of carboxylic acid groups (broad SMARTS) is 1. The van der Waals surface area contributed by atoms with Crippen molar-refractivity contribution in [3.63, 3.8) is 0 Å². The van der Waals surface area contributed by atoms with Gasteiger partial charge in [-0.05, 0) is 48.2 Å². The van der Waals surface area contributed by atoms with Gasteiger partial charge in [-0.3, -0.25) is 14.4 Å². The molecule has 2 aromatic rings. The van der Waals surface area contributed by atoms with Gasteiger partial charge in [0.15, 0.2) is 0 Å². The van der Waals surface area contributed by atoms with Crippen molar-refractivity contribution in [2.75, 3.05) is 6.54 Å². The first kappa shape index (κ1) is 25.1. The Kier molecular flexibility index (Phi) is 8.38. The lowest BCUT2D eigenvalue weighted by atomic mass is 9.74. The summed E-state index contributed by atoms with van der Waals surface area (Å²) in [6.45, 7) is 3.67. The monoisotopic (exact) mass is 490 g/mol. The van der Waals surface area contributed by atoms with Crippen molar-refractivity contribution >= 4 is 41.0 Å². The molecular weight excluding hydrogens is 463 g/mol. The minimum absolute atomic E-state index is 0.182. The lowest BCUT2D eigenvalue weighted by Gasteiger charge is -2.48. The molecule has 2 N–H and O–H groups in total. The Balaban J connectivity index is 2.15. The molecule has 0 bridgehead atoms. The Morgan fingerprint density at radius 2 is 1.82 bits per heavy atom. The van der Waals surface area contributed by atoms with E-state index in [1.807, 2.05) is 37.3 Å². The molecule has 1 aliphatic heterocycles. The fourth-order valence-electron chi connectivity index (χ4n) is 4.68. The number of likely N-dealkylation sites (tertiary alicyclic amines) is 1. The first-order chi connectivity index (χ1) is 15.7. The number of aliphatic carboxylic acids is 1. The third-order valence-electron chi connectivity index (χ3n) is 6.18. The number of rotatable bonds is 8. The lowest BCUT2D eigenvalue weighted by molar-refractivity contribution is -0.152. The number of halogens is 2. The normalized spacial score (nSPS) is 21.5. The summed E-state index contributed by atoms with van der Waals surface area (Å²) in [6, 6.07) is 14.2. The molecule has 0 aromatic heterocycles. The van der Waals surface area contributed by atoms with Crippen molar-refractivity contribution in [3.05, 3.63) is 69.7 Å². The van der Waals surface area contributed by atoms with Crippen LogP contribution in [-0.4, -0.2) is 40.4 Å². The van der Waals surface area contributed by atoms with E-state index in [4.69, 9.17) is 23.2 Å². The number of carbonyl (C=O) groups is 3. The fraction of sp³-hybridized carbons (Fsp3) is 0.400. The van der Waals surface area contributed by atoms with E-state index in [0.717, 1.165) is 11.1 Å². The van der Waals surface area contributed by atoms with Crippen LogP contribution in [0.25, 0.3) is 0 Å². The summed E-state index contributed by atoms with van der Waals surface area (Å²) in [4.78, 5) is 38.7. The van der Waals surface area contributed by atoms with Gasteiger partial charge in [0, 0.05) is 41.4 Å². The molecule has 176 valence electrons. The van der Waals surface area contributed by atoms with Gasteiger partial charge in [-0.1, -0.05) is 54.4 Å². The molecule has 0 aliphatic carbocycles. The van der Waals surface area contributed by atoms with E-state index in [0.29, 0.717) is 22.9 Å². The Morgan fingerprint density at radius 3 is 2.39 bits per heavy atom. The molecule has 0 saturated carbocycles. The second-order valence-electron chi connectivity index (χ2n) is 8.43. The van der Waals surface area contributed by atoms with Crippen LogP contribution in [0.4, 0.5) is 0 Å². The van der Waals surface area contributed by atoms with Crippen LogP contribution in [0.1, 0.15) is 56.2 Å². The molecule has 1 saturated heterocycles. The summed E-state index contributed by atoms with van der Waals surface area (Å²) < 4.78 is 0. The highest BCUT2D eigenvalue weighted by Gasteiger charge is 2.46. The van der Waals surface area contributed by atoms with Gasteiger partial charge in [-0.15, -0.1) is 0 Å². The van der Waals surface area contributed by atoms with E-state index >= 15 is 0 Å². The molecule has 0 spiro atoms. The topological polar surface area (TPSA) is 86.7 Å². The maximum Gasteiger partial charge on any atom is 0.304 e. The van der Waals surface area contributed by atoms with Gasteiger partial charge in [-0.25, -0.2) is 0 Å². The van der Waals surface area contributed by atoms with Gasteiger partial charge >= 0.3 is 5.97 Å². The predicted molar refractivity (Wildman–Crippen MR) is 128 cm³/mol. The second-order valence-corrected chi connectivity index (χ2v) is 9.31. The lowest BCUT2D eigenvalue weighted by Crippen LogP contribution is -2.54.